The molecule has 106 valence electrons. The van der Waals surface area contributed by atoms with Gasteiger partial charge in [-0.2, -0.15) is 0 Å². The molecule has 0 amide bonds. The van der Waals surface area contributed by atoms with Crippen LogP contribution < -0.4 is 10.1 Å². The lowest BCUT2D eigenvalue weighted by Gasteiger charge is -2.20. The van der Waals surface area contributed by atoms with E-state index in [9.17, 15) is 4.39 Å². The van der Waals surface area contributed by atoms with E-state index < -0.39 is 0 Å². The SMILES string of the molecule is CCNC(c1ccc(OCC)cc1)c1ccccc1F. The van der Waals surface area contributed by atoms with Gasteiger partial charge in [0, 0.05) is 5.56 Å². The van der Waals surface area contributed by atoms with Gasteiger partial charge in [-0.1, -0.05) is 37.3 Å². The van der Waals surface area contributed by atoms with Crippen LogP contribution in [0.1, 0.15) is 31.0 Å². The lowest BCUT2D eigenvalue weighted by atomic mass is 9.98. The van der Waals surface area contributed by atoms with Crippen LogP contribution in [-0.4, -0.2) is 13.2 Å². The number of ether oxygens (including phenoxy) is 1. The van der Waals surface area contributed by atoms with Crippen molar-refractivity contribution in [1.82, 2.24) is 5.32 Å². The third kappa shape index (κ3) is 3.36. The van der Waals surface area contributed by atoms with Gasteiger partial charge >= 0.3 is 0 Å². The van der Waals surface area contributed by atoms with E-state index in [0.717, 1.165) is 17.9 Å². The number of benzene rings is 2. The van der Waals surface area contributed by atoms with Crippen LogP contribution in [0.15, 0.2) is 48.5 Å². The van der Waals surface area contributed by atoms with E-state index in [0.29, 0.717) is 12.2 Å². The summed E-state index contributed by atoms with van der Waals surface area (Å²) in [6.07, 6.45) is 0. The van der Waals surface area contributed by atoms with Gasteiger partial charge < -0.3 is 10.1 Å². The Hall–Kier alpha value is -1.87. The predicted molar refractivity (Wildman–Crippen MR) is 79.5 cm³/mol. The minimum Gasteiger partial charge on any atom is -0.494 e. The fourth-order valence-corrected chi connectivity index (χ4v) is 2.24. The van der Waals surface area contributed by atoms with Crippen LogP contribution in [0.25, 0.3) is 0 Å². The van der Waals surface area contributed by atoms with Gasteiger partial charge in [0.05, 0.1) is 12.6 Å². The van der Waals surface area contributed by atoms with Crippen molar-refractivity contribution in [2.75, 3.05) is 13.2 Å². The third-order valence-electron chi connectivity index (χ3n) is 3.15. The van der Waals surface area contributed by atoms with Crippen LogP contribution in [-0.2, 0) is 0 Å². The van der Waals surface area contributed by atoms with Crippen LogP contribution >= 0.6 is 0 Å². The van der Waals surface area contributed by atoms with Gasteiger partial charge in [0.15, 0.2) is 0 Å². The normalized spacial score (nSPS) is 12.2. The zero-order valence-electron chi connectivity index (χ0n) is 11.9. The van der Waals surface area contributed by atoms with Gasteiger partial charge in [-0.15, -0.1) is 0 Å². The number of halogens is 1. The number of hydrogen-bond acceptors (Lipinski definition) is 2. The number of nitrogens with one attached hydrogen (secondary N) is 1. The summed E-state index contributed by atoms with van der Waals surface area (Å²) in [5.41, 5.74) is 1.69. The van der Waals surface area contributed by atoms with Crippen molar-refractivity contribution < 1.29 is 9.13 Å². The number of hydrogen-bond donors (Lipinski definition) is 1. The molecule has 1 unspecified atom stereocenters. The van der Waals surface area contributed by atoms with Crippen molar-refractivity contribution in [2.24, 2.45) is 0 Å². The molecule has 1 N–H and O–H groups in total. The molecule has 0 radical (unpaired) electrons. The quantitative estimate of drug-likeness (QED) is 0.861. The predicted octanol–water partition coefficient (Wildman–Crippen LogP) is 3.92. The molecule has 0 fully saturated rings. The van der Waals surface area contributed by atoms with E-state index in [1.54, 1.807) is 6.07 Å². The van der Waals surface area contributed by atoms with E-state index >= 15 is 0 Å². The van der Waals surface area contributed by atoms with Crippen molar-refractivity contribution in [2.45, 2.75) is 19.9 Å². The molecule has 0 bridgehead atoms. The average Bonchev–Trinajstić information content (AvgIpc) is 2.47. The summed E-state index contributed by atoms with van der Waals surface area (Å²) in [6, 6.07) is 14.5. The Morgan fingerprint density at radius 2 is 1.75 bits per heavy atom. The minimum atomic E-state index is -0.188. The van der Waals surface area contributed by atoms with E-state index in [1.165, 1.54) is 6.07 Å². The van der Waals surface area contributed by atoms with Crippen molar-refractivity contribution in [3.63, 3.8) is 0 Å². The fourth-order valence-electron chi connectivity index (χ4n) is 2.24. The zero-order chi connectivity index (χ0) is 14.4. The lowest BCUT2D eigenvalue weighted by molar-refractivity contribution is 0.340. The highest BCUT2D eigenvalue weighted by atomic mass is 19.1. The summed E-state index contributed by atoms with van der Waals surface area (Å²) in [6.45, 7) is 5.38. The molecule has 0 aliphatic carbocycles. The first kappa shape index (κ1) is 14.5. The molecule has 1 atom stereocenters. The summed E-state index contributed by atoms with van der Waals surface area (Å²) >= 11 is 0. The van der Waals surface area contributed by atoms with Crippen LogP contribution in [0.4, 0.5) is 4.39 Å². The summed E-state index contributed by atoms with van der Waals surface area (Å²) < 4.78 is 19.4. The highest BCUT2D eigenvalue weighted by Crippen LogP contribution is 2.26. The molecular weight excluding hydrogens is 253 g/mol. The minimum absolute atomic E-state index is 0.142. The molecule has 0 aliphatic rings. The Labute approximate surface area is 119 Å². The van der Waals surface area contributed by atoms with Crippen LogP contribution in [0, 0.1) is 5.82 Å². The summed E-state index contributed by atoms with van der Waals surface area (Å²) in [5, 5.41) is 3.33. The van der Waals surface area contributed by atoms with Crippen molar-refractivity contribution in [1.29, 1.82) is 0 Å². The van der Waals surface area contributed by atoms with E-state index in [-0.39, 0.29) is 11.9 Å². The third-order valence-corrected chi connectivity index (χ3v) is 3.15. The van der Waals surface area contributed by atoms with Gasteiger partial charge in [-0.25, -0.2) is 4.39 Å². The molecule has 2 rings (SSSR count). The first-order chi connectivity index (χ1) is 9.76. The van der Waals surface area contributed by atoms with Gasteiger partial charge in [0.2, 0.25) is 0 Å². The second-order valence-electron chi connectivity index (χ2n) is 4.51. The molecule has 2 aromatic carbocycles. The highest BCUT2D eigenvalue weighted by Gasteiger charge is 2.16. The molecule has 0 heterocycles. The van der Waals surface area contributed by atoms with Gasteiger partial charge in [0.25, 0.3) is 0 Å². The topological polar surface area (TPSA) is 21.3 Å². The Kier molecular flexibility index (Phi) is 5.13. The summed E-state index contributed by atoms with van der Waals surface area (Å²) in [7, 11) is 0. The smallest absolute Gasteiger partial charge is 0.128 e. The largest absolute Gasteiger partial charge is 0.494 e. The Bertz CT molecular complexity index is 539. The van der Waals surface area contributed by atoms with Crippen molar-refractivity contribution >= 4 is 0 Å². The summed E-state index contributed by atoms with van der Waals surface area (Å²) in [4.78, 5) is 0. The molecule has 0 saturated carbocycles. The van der Waals surface area contributed by atoms with Crippen LogP contribution in [0.5, 0.6) is 5.75 Å². The monoisotopic (exact) mass is 273 g/mol. The van der Waals surface area contributed by atoms with Gasteiger partial charge in [0.1, 0.15) is 11.6 Å². The standard InChI is InChI=1S/C17H20FNO/c1-3-19-17(15-7-5-6-8-16(15)18)13-9-11-14(12-10-13)20-4-2/h5-12,17,19H,3-4H2,1-2H3. The van der Waals surface area contributed by atoms with Gasteiger partial charge in [-0.05, 0) is 37.2 Å². The maximum Gasteiger partial charge on any atom is 0.128 e. The highest BCUT2D eigenvalue weighted by molar-refractivity contribution is 5.36. The van der Waals surface area contributed by atoms with Crippen molar-refractivity contribution in [3.05, 3.63) is 65.5 Å². The Morgan fingerprint density at radius 1 is 1.05 bits per heavy atom. The van der Waals surface area contributed by atoms with Crippen LogP contribution in [0.3, 0.4) is 0 Å². The van der Waals surface area contributed by atoms with E-state index in [4.69, 9.17) is 4.74 Å². The first-order valence-corrected chi connectivity index (χ1v) is 6.96. The lowest BCUT2D eigenvalue weighted by Crippen LogP contribution is -2.22. The van der Waals surface area contributed by atoms with E-state index in [1.807, 2.05) is 50.2 Å². The van der Waals surface area contributed by atoms with Crippen LogP contribution in [0.2, 0.25) is 0 Å². The Morgan fingerprint density at radius 3 is 2.35 bits per heavy atom. The molecule has 2 aromatic rings. The van der Waals surface area contributed by atoms with Crippen molar-refractivity contribution in [3.8, 4) is 5.75 Å². The molecule has 0 aliphatic heterocycles. The average molecular weight is 273 g/mol. The molecular formula is C17H20FNO. The zero-order valence-corrected chi connectivity index (χ0v) is 11.9. The second-order valence-corrected chi connectivity index (χ2v) is 4.51. The summed E-state index contributed by atoms with van der Waals surface area (Å²) in [5.74, 6) is 0.646. The fraction of sp³-hybridized carbons (Fsp3) is 0.294. The molecule has 0 spiro atoms. The molecule has 20 heavy (non-hydrogen) atoms. The maximum absolute atomic E-state index is 14.0. The molecule has 2 nitrogen and oxygen atoms in total. The first-order valence-electron chi connectivity index (χ1n) is 6.96. The molecule has 0 aromatic heterocycles. The second kappa shape index (κ2) is 7.06. The molecule has 0 saturated heterocycles. The maximum atomic E-state index is 14.0. The van der Waals surface area contributed by atoms with Gasteiger partial charge in [-0.3, -0.25) is 0 Å². The Balaban J connectivity index is 2.31. The van der Waals surface area contributed by atoms with E-state index in [2.05, 4.69) is 5.32 Å². The number of rotatable bonds is 6. The molecule has 3 heteroatoms.